The quantitative estimate of drug-likeness (QED) is 0.668. The highest BCUT2D eigenvalue weighted by Crippen LogP contribution is 2.22. The Balaban J connectivity index is 2.23. The maximum absolute atomic E-state index is 13.5. The molecular formula is C15H9BrF2O2. The number of carbonyl (C=O) groups excluding carboxylic acids is 1. The summed E-state index contributed by atoms with van der Waals surface area (Å²) in [7, 11) is 0. The highest BCUT2D eigenvalue weighted by molar-refractivity contribution is 9.10. The van der Waals surface area contributed by atoms with Gasteiger partial charge in [0.25, 0.3) is 0 Å². The monoisotopic (exact) mass is 338 g/mol. The van der Waals surface area contributed by atoms with Crippen molar-refractivity contribution in [3.8, 4) is 5.75 Å². The number of phenolic OH excluding ortho intramolecular Hbond substituents is 1. The first-order valence-corrected chi connectivity index (χ1v) is 6.43. The molecule has 0 saturated heterocycles. The first-order valence-electron chi connectivity index (χ1n) is 5.64. The molecular weight excluding hydrogens is 330 g/mol. The molecule has 2 aromatic rings. The average Bonchev–Trinajstić information content (AvgIpc) is 2.44. The maximum atomic E-state index is 13.5. The fourth-order valence-electron chi connectivity index (χ4n) is 1.56. The van der Waals surface area contributed by atoms with Gasteiger partial charge in [-0.1, -0.05) is 15.9 Å². The second-order valence-electron chi connectivity index (χ2n) is 4.01. The zero-order valence-electron chi connectivity index (χ0n) is 10.1. The van der Waals surface area contributed by atoms with Gasteiger partial charge in [-0.25, -0.2) is 4.39 Å². The van der Waals surface area contributed by atoms with Crippen molar-refractivity contribution in [1.82, 2.24) is 0 Å². The molecule has 2 aromatic carbocycles. The molecule has 20 heavy (non-hydrogen) atoms. The Labute approximate surface area is 122 Å². The van der Waals surface area contributed by atoms with Gasteiger partial charge in [0.15, 0.2) is 17.3 Å². The van der Waals surface area contributed by atoms with E-state index in [0.717, 1.165) is 16.6 Å². The van der Waals surface area contributed by atoms with Crippen molar-refractivity contribution in [2.24, 2.45) is 0 Å². The van der Waals surface area contributed by atoms with E-state index in [2.05, 4.69) is 15.9 Å². The number of hydrogen-bond donors (Lipinski definition) is 1. The summed E-state index contributed by atoms with van der Waals surface area (Å²) in [6, 6.07) is 8.88. The Morgan fingerprint density at radius 3 is 2.35 bits per heavy atom. The van der Waals surface area contributed by atoms with Crippen LogP contribution in [0.15, 0.2) is 46.9 Å². The minimum Gasteiger partial charge on any atom is -0.505 e. The Bertz CT molecular complexity index is 679. The van der Waals surface area contributed by atoms with E-state index in [9.17, 15) is 13.6 Å². The number of halogens is 3. The summed E-state index contributed by atoms with van der Waals surface area (Å²) in [5, 5.41) is 9.00. The van der Waals surface area contributed by atoms with Crippen molar-refractivity contribution in [3.63, 3.8) is 0 Å². The van der Waals surface area contributed by atoms with Crippen LogP contribution in [-0.4, -0.2) is 10.9 Å². The number of carbonyl (C=O) groups is 1. The van der Waals surface area contributed by atoms with E-state index in [1.165, 1.54) is 12.1 Å². The van der Waals surface area contributed by atoms with Crippen molar-refractivity contribution >= 4 is 27.8 Å². The van der Waals surface area contributed by atoms with Crippen LogP contribution in [0.4, 0.5) is 8.78 Å². The number of phenols is 1. The molecule has 0 atom stereocenters. The largest absolute Gasteiger partial charge is 0.505 e. The molecule has 0 aliphatic rings. The SMILES string of the molecule is O=C(/C=C/c1ccc(O)c(F)c1F)c1ccc(Br)cc1. The average molecular weight is 339 g/mol. The lowest BCUT2D eigenvalue weighted by atomic mass is 10.1. The van der Waals surface area contributed by atoms with Gasteiger partial charge in [0.2, 0.25) is 5.82 Å². The van der Waals surface area contributed by atoms with Crippen LogP contribution in [0.25, 0.3) is 6.08 Å². The predicted molar refractivity (Wildman–Crippen MR) is 75.5 cm³/mol. The molecule has 5 heteroatoms. The summed E-state index contributed by atoms with van der Waals surface area (Å²) in [4.78, 5) is 11.8. The van der Waals surface area contributed by atoms with E-state index in [1.807, 2.05) is 0 Å². The van der Waals surface area contributed by atoms with Gasteiger partial charge >= 0.3 is 0 Å². The Morgan fingerprint density at radius 2 is 1.70 bits per heavy atom. The van der Waals surface area contributed by atoms with Gasteiger partial charge in [0.1, 0.15) is 0 Å². The molecule has 0 amide bonds. The van der Waals surface area contributed by atoms with E-state index in [4.69, 9.17) is 5.11 Å². The molecule has 0 bridgehead atoms. The summed E-state index contributed by atoms with van der Waals surface area (Å²) >= 11 is 3.25. The molecule has 0 spiro atoms. The molecule has 2 rings (SSSR count). The second kappa shape index (κ2) is 5.96. The first kappa shape index (κ1) is 14.4. The molecule has 0 saturated carbocycles. The van der Waals surface area contributed by atoms with Gasteiger partial charge < -0.3 is 5.11 Å². The Morgan fingerprint density at radius 1 is 1.05 bits per heavy atom. The summed E-state index contributed by atoms with van der Waals surface area (Å²) in [6.07, 6.45) is 2.32. The Kier molecular flexibility index (Phi) is 4.29. The fraction of sp³-hybridized carbons (Fsp3) is 0. The molecule has 102 valence electrons. The second-order valence-corrected chi connectivity index (χ2v) is 4.92. The number of aromatic hydroxyl groups is 1. The lowest BCUT2D eigenvalue weighted by molar-refractivity contribution is 0.104. The van der Waals surface area contributed by atoms with Gasteiger partial charge in [-0.2, -0.15) is 4.39 Å². The van der Waals surface area contributed by atoms with E-state index in [0.29, 0.717) is 5.56 Å². The van der Waals surface area contributed by atoms with Crippen molar-refractivity contribution in [2.75, 3.05) is 0 Å². The van der Waals surface area contributed by atoms with Crippen molar-refractivity contribution in [3.05, 3.63) is 69.7 Å². The lowest BCUT2D eigenvalue weighted by Gasteiger charge is -2.00. The first-order chi connectivity index (χ1) is 9.49. The standard InChI is InChI=1S/C15H9BrF2O2/c16-11-5-1-9(2-6-11)12(19)7-3-10-4-8-13(20)15(18)14(10)17/h1-8,20H/b7-3+. The third kappa shape index (κ3) is 3.11. The molecule has 0 aromatic heterocycles. The zero-order valence-corrected chi connectivity index (χ0v) is 11.7. The summed E-state index contributed by atoms with van der Waals surface area (Å²) in [5.41, 5.74) is 0.329. The maximum Gasteiger partial charge on any atom is 0.200 e. The predicted octanol–water partition coefficient (Wildman–Crippen LogP) is 4.33. The van der Waals surface area contributed by atoms with E-state index >= 15 is 0 Å². The van der Waals surface area contributed by atoms with Gasteiger partial charge in [-0.3, -0.25) is 4.79 Å². The van der Waals surface area contributed by atoms with Crippen LogP contribution >= 0.6 is 15.9 Å². The highest BCUT2D eigenvalue weighted by atomic mass is 79.9. The fourth-order valence-corrected chi connectivity index (χ4v) is 1.82. The topological polar surface area (TPSA) is 37.3 Å². The van der Waals surface area contributed by atoms with Gasteiger partial charge in [0, 0.05) is 15.6 Å². The smallest absolute Gasteiger partial charge is 0.200 e. The van der Waals surface area contributed by atoms with E-state index in [1.54, 1.807) is 24.3 Å². The van der Waals surface area contributed by atoms with Gasteiger partial charge in [-0.15, -0.1) is 0 Å². The van der Waals surface area contributed by atoms with Crippen LogP contribution in [0, 0.1) is 11.6 Å². The minimum atomic E-state index is -1.33. The normalized spacial score (nSPS) is 10.9. The molecule has 0 aliphatic carbocycles. The van der Waals surface area contributed by atoms with Gasteiger partial charge in [-0.05, 0) is 48.6 Å². The molecule has 0 heterocycles. The molecule has 0 radical (unpaired) electrons. The van der Waals surface area contributed by atoms with Gasteiger partial charge in [0.05, 0.1) is 0 Å². The molecule has 1 N–H and O–H groups in total. The van der Waals surface area contributed by atoms with Crippen LogP contribution in [0.2, 0.25) is 0 Å². The highest BCUT2D eigenvalue weighted by Gasteiger charge is 2.11. The van der Waals surface area contributed by atoms with Crippen LogP contribution in [0.5, 0.6) is 5.75 Å². The van der Waals surface area contributed by atoms with Crippen LogP contribution < -0.4 is 0 Å². The van der Waals surface area contributed by atoms with Crippen molar-refractivity contribution < 1.29 is 18.7 Å². The summed E-state index contributed by atoms with van der Waals surface area (Å²) in [6.45, 7) is 0. The molecule has 0 fully saturated rings. The summed E-state index contributed by atoms with van der Waals surface area (Å²) < 4.78 is 27.4. The number of rotatable bonds is 3. The Hall–Kier alpha value is -2.01. The van der Waals surface area contributed by atoms with E-state index < -0.39 is 17.4 Å². The third-order valence-corrected chi connectivity index (χ3v) is 3.16. The number of allylic oxidation sites excluding steroid dienone is 1. The summed E-state index contributed by atoms with van der Waals surface area (Å²) in [5.74, 6) is -3.61. The lowest BCUT2D eigenvalue weighted by Crippen LogP contribution is -1.94. The number of hydrogen-bond acceptors (Lipinski definition) is 2. The third-order valence-electron chi connectivity index (χ3n) is 2.63. The van der Waals surface area contributed by atoms with E-state index in [-0.39, 0.29) is 11.3 Å². The minimum absolute atomic E-state index is 0.106. The van der Waals surface area contributed by atoms with Crippen molar-refractivity contribution in [2.45, 2.75) is 0 Å². The van der Waals surface area contributed by atoms with Crippen molar-refractivity contribution in [1.29, 1.82) is 0 Å². The number of ketones is 1. The van der Waals surface area contributed by atoms with Crippen LogP contribution in [0.3, 0.4) is 0 Å². The number of benzene rings is 2. The van der Waals surface area contributed by atoms with Crippen LogP contribution in [0.1, 0.15) is 15.9 Å². The van der Waals surface area contributed by atoms with Crippen LogP contribution in [-0.2, 0) is 0 Å². The molecule has 0 aliphatic heterocycles. The molecule has 2 nitrogen and oxygen atoms in total. The zero-order chi connectivity index (χ0) is 14.7. The molecule has 0 unspecified atom stereocenters.